The van der Waals surface area contributed by atoms with E-state index in [0.29, 0.717) is 10.8 Å². The minimum Gasteiger partial charge on any atom is -0.317 e. The number of halogens is 1. The lowest BCUT2D eigenvalue weighted by Gasteiger charge is -2.22. The van der Waals surface area contributed by atoms with Crippen LogP contribution in [0.1, 0.15) is 25.0 Å². The second kappa shape index (κ2) is 5.94. The molecule has 106 valence electrons. The summed E-state index contributed by atoms with van der Waals surface area (Å²) >= 11 is 6.03. The molecule has 0 aromatic carbocycles. The molecular weight excluding hydrogens is 274 g/mol. The number of aromatic nitrogens is 2. The van der Waals surface area contributed by atoms with E-state index in [1.807, 2.05) is 12.1 Å². The highest BCUT2D eigenvalue weighted by Crippen LogP contribution is 2.18. The maximum Gasteiger partial charge on any atom is 0.259 e. The van der Waals surface area contributed by atoms with Crippen LogP contribution in [0.4, 0.5) is 0 Å². The number of fused-ring (bicyclic) bond motifs is 1. The first-order valence-electron chi connectivity index (χ1n) is 7.12. The maximum atomic E-state index is 12.1. The van der Waals surface area contributed by atoms with E-state index < -0.39 is 0 Å². The van der Waals surface area contributed by atoms with Gasteiger partial charge in [0.15, 0.2) is 0 Å². The number of aryl methyl sites for hydroxylation is 1. The normalized spacial score (nSPS) is 16.6. The van der Waals surface area contributed by atoms with Gasteiger partial charge in [-0.25, -0.2) is 4.98 Å². The molecule has 0 saturated carbocycles. The Labute approximate surface area is 122 Å². The van der Waals surface area contributed by atoms with Crippen molar-refractivity contribution in [3.05, 3.63) is 45.5 Å². The molecule has 5 heteroatoms. The zero-order valence-electron chi connectivity index (χ0n) is 11.3. The Bertz CT molecular complexity index is 662. The van der Waals surface area contributed by atoms with Crippen molar-refractivity contribution >= 4 is 17.2 Å². The highest BCUT2D eigenvalue weighted by Gasteiger charge is 2.13. The van der Waals surface area contributed by atoms with E-state index in [1.165, 1.54) is 17.2 Å². The van der Waals surface area contributed by atoms with E-state index in [9.17, 15) is 4.79 Å². The van der Waals surface area contributed by atoms with Crippen molar-refractivity contribution in [3.8, 4) is 0 Å². The zero-order valence-corrected chi connectivity index (χ0v) is 12.1. The van der Waals surface area contributed by atoms with Gasteiger partial charge in [-0.05, 0) is 56.8 Å². The Balaban J connectivity index is 1.80. The summed E-state index contributed by atoms with van der Waals surface area (Å²) in [6.07, 6.45) is 4.41. The van der Waals surface area contributed by atoms with E-state index in [1.54, 1.807) is 12.1 Å². The van der Waals surface area contributed by atoms with Crippen molar-refractivity contribution < 1.29 is 0 Å². The van der Waals surface area contributed by atoms with E-state index in [0.717, 1.165) is 37.5 Å². The quantitative estimate of drug-likeness (QED) is 0.883. The number of rotatable bonds is 3. The summed E-state index contributed by atoms with van der Waals surface area (Å²) < 4.78 is 1.44. The fourth-order valence-electron chi connectivity index (χ4n) is 2.81. The lowest BCUT2D eigenvalue weighted by Crippen LogP contribution is -2.28. The smallest absolute Gasteiger partial charge is 0.259 e. The molecule has 0 aliphatic carbocycles. The minimum absolute atomic E-state index is 0.0964. The SMILES string of the molecule is O=c1cc(CCC2CCNCC2)nc2cccc(Cl)n12. The summed E-state index contributed by atoms with van der Waals surface area (Å²) in [6.45, 7) is 2.21. The number of pyridine rings is 1. The van der Waals surface area contributed by atoms with Crippen LogP contribution < -0.4 is 10.9 Å². The highest BCUT2D eigenvalue weighted by atomic mass is 35.5. The highest BCUT2D eigenvalue weighted by molar-refractivity contribution is 6.29. The largest absolute Gasteiger partial charge is 0.317 e. The summed E-state index contributed by atoms with van der Waals surface area (Å²) in [7, 11) is 0. The number of hydrogen-bond donors (Lipinski definition) is 1. The first-order chi connectivity index (χ1) is 9.74. The van der Waals surface area contributed by atoms with Gasteiger partial charge in [0.2, 0.25) is 0 Å². The Morgan fingerprint density at radius 1 is 1.35 bits per heavy atom. The fraction of sp³-hybridized carbons (Fsp3) is 0.467. The van der Waals surface area contributed by atoms with Gasteiger partial charge in [0.25, 0.3) is 5.56 Å². The Morgan fingerprint density at radius 2 is 2.15 bits per heavy atom. The van der Waals surface area contributed by atoms with E-state index in [2.05, 4.69) is 10.3 Å². The van der Waals surface area contributed by atoms with Crippen LogP contribution in [0.2, 0.25) is 5.15 Å². The molecule has 0 radical (unpaired) electrons. The number of nitrogens with zero attached hydrogens (tertiary/aromatic N) is 2. The summed E-state index contributed by atoms with van der Waals surface area (Å²) in [6, 6.07) is 6.95. The van der Waals surface area contributed by atoms with Crippen LogP contribution in [0.3, 0.4) is 0 Å². The molecule has 1 aliphatic heterocycles. The van der Waals surface area contributed by atoms with E-state index in [-0.39, 0.29) is 5.56 Å². The molecule has 0 bridgehead atoms. The van der Waals surface area contributed by atoms with Crippen LogP contribution in [-0.2, 0) is 6.42 Å². The molecule has 0 unspecified atom stereocenters. The predicted octanol–water partition coefficient (Wildman–Crippen LogP) is 2.28. The number of nitrogens with one attached hydrogen (secondary N) is 1. The van der Waals surface area contributed by atoms with Crippen molar-refractivity contribution in [2.75, 3.05) is 13.1 Å². The minimum atomic E-state index is -0.0964. The summed E-state index contributed by atoms with van der Waals surface area (Å²) in [4.78, 5) is 16.6. The molecule has 1 fully saturated rings. The third-order valence-corrected chi connectivity index (χ3v) is 4.25. The first kappa shape index (κ1) is 13.6. The maximum absolute atomic E-state index is 12.1. The third-order valence-electron chi connectivity index (χ3n) is 3.96. The molecule has 4 nitrogen and oxygen atoms in total. The van der Waals surface area contributed by atoms with Gasteiger partial charge in [0, 0.05) is 11.8 Å². The number of piperidine rings is 1. The molecular formula is C15H18ClN3O. The lowest BCUT2D eigenvalue weighted by molar-refractivity contribution is 0.353. The molecule has 1 saturated heterocycles. The average Bonchev–Trinajstić information content (AvgIpc) is 2.46. The van der Waals surface area contributed by atoms with Crippen molar-refractivity contribution in [2.24, 2.45) is 5.92 Å². The lowest BCUT2D eigenvalue weighted by atomic mass is 9.92. The molecule has 0 amide bonds. The molecule has 3 heterocycles. The molecule has 0 atom stereocenters. The van der Waals surface area contributed by atoms with Gasteiger partial charge in [-0.15, -0.1) is 0 Å². The fourth-order valence-corrected chi connectivity index (χ4v) is 3.06. The molecule has 2 aromatic heterocycles. The van der Waals surface area contributed by atoms with E-state index >= 15 is 0 Å². The van der Waals surface area contributed by atoms with Crippen LogP contribution in [0.5, 0.6) is 0 Å². The molecule has 1 N–H and O–H groups in total. The molecule has 2 aromatic rings. The van der Waals surface area contributed by atoms with Crippen molar-refractivity contribution in [1.82, 2.24) is 14.7 Å². The summed E-state index contributed by atoms with van der Waals surface area (Å²) in [5.41, 5.74) is 1.40. The summed E-state index contributed by atoms with van der Waals surface area (Å²) in [5.74, 6) is 0.746. The van der Waals surface area contributed by atoms with Gasteiger partial charge in [-0.3, -0.25) is 9.20 Å². The van der Waals surface area contributed by atoms with Crippen molar-refractivity contribution in [3.63, 3.8) is 0 Å². The van der Waals surface area contributed by atoms with Gasteiger partial charge in [-0.1, -0.05) is 17.7 Å². The Hall–Kier alpha value is -1.39. The van der Waals surface area contributed by atoms with Crippen LogP contribution in [0.15, 0.2) is 29.1 Å². The van der Waals surface area contributed by atoms with Gasteiger partial charge in [0.1, 0.15) is 10.8 Å². The van der Waals surface area contributed by atoms with Gasteiger partial charge < -0.3 is 5.32 Å². The summed E-state index contributed by atoms with van der Waals surface area (Å²) in [5, 5.41) is 3.78. The van der Waals surface area contributed by atoms with Crippen molar-refractivity contribution in [2.45, 2.75) is 25.7 Å². The van der Waals surface area contributed by atoms with Crippen LogP contribution in [0.25, 0.3) is 5.65 Å². The Kier molecular flexibility index (Phi) is 4.03. The van der Waals surface area contributed by atoms with Crippen LogP contribution in [-0.4, -0.2) is 22.5 Å². The second-order valence-electron chi connectivity index (χ2n) is 5.36. The number of hydrogen-bond acceptors (Lipinski definition) is 3. The van der Waals surface area contributed by atoms with E-state index in [4.69, 9.17) is 11.6 Å². The van der Waals surface area contributed by atoms with Gasteiger partial charge >= 0.3 is 0 Å². The van der Waals surface area contributed by atoms with Gasteiger partial charge in [0.05, 0.1) is 0 Å². The molecule has 1 aliphatic rings. The predicted molar refractivity (Wildman–Crippen MR) is 80.4 cm³/mol. The first-order valence-corrected chi connectivity index (χ1v) is 7.50. The monoisotopic (exact) mass is 291 g/mol. The second-order valence-corrected chi connectivity index (χ2v) is 5.75. The molecule has 3 rings (SSSR count). The van der Waals surface area contributed by atoms with Crippen LogP contribution >= 0.6 is 11.6 Å². The Morgan fingerprint density at radius 3 is 2.95 bits per heavy atom. The standard InChI is InChI=1S/C15H18ClN3O/c16-13-2-1-3-14-18-12(10-15(20)19(13)14)5-4-11-6-8-17-9-7-11/h1-3,10-11,17H,4-9H2. The zero-order chi connectivity index (χ0) is 13.9. The third kappa shape index (κ3) is 2.86. The molecule has 0 spiro atoms. The van der Waals surface area contributed by atoms with Crippen LogP contribution in [0, 0.1) is 5.92 Å². The topological polar surface area (TPSA) is 46.4 Å². The van der Waals surface area contributed by atoms with Crippen molar-refractivity contribution in [1.29, 1.82) is 0 Å². The average molecular weight is 292 g/mol. The van der Waals surface area contributed by atoms with Gasteiger partial charge in [-0.2, -0.15) is 0 Å². The molecule has 20 heavy (non-hydrogen) atoms.